The highest BCUT2D eigenvalue weighted by atomic mass is 32.1. The van der Waals surface area contributed by atoms with Gasteiger partial charge in [-0.05, 0) is 31.5 Å². The van der Waals surface area contributed by atoms with Gasteiger partial charge in [-0.1, -0.05) is 0 Å². The Morgan fingerprint density at radius 1 is 1.42 bits per heavy atom. The SMILES string of the molecule is CNc1ccncc1C(=O)NCc1cc(C)c(C)s1. The molecule has 0 saturated heterocycles. The second kappa shape index (κ2) is 5.84. The van der Waals surface area contributed by atoms with Gasteiger partial charge in [-0.2, -0.15) is 0 Å². The van der Waals surface area contributed by atoms with Gasteiger partial charge in [-0.15, -0.1) is 11.3 Å². The molecule has 2 rings (SSSR count). The van der Waals surface area contributed by atoms with E-state index < -0.39 is 0 Å². The standard InChI is InChI=1S/C14H17N3OS/c1-9-6-11(19-10(9)2)7-17-14(18)12-8-16-5-4-13(12)15-3/h4-6,8H,7H2,1-3H3,(H,15,16)(H,17,18). The fourth-order valence-electron chi connectivity index (χ4n) is 1.79. The average molecular weight is 275 g/mol. The molecule has 0 radical (unpaired) electrons. The third kappa shape index (κ3) is 3.12. The van der Waals surface area contributed by atoms with E-state index in [9.17, 15) is 4.79 Å². The monoisotopic (exact) mass is 275 g/mol. The van der Waals surface area contributed by atoms with Crippen molar-refractivity contribution in [2.75, 3.05) is 12.4 Å². The summed E-state index contributed by atoms with van der Waals surface area (Å²) in [4.78, 5) is 18.6. The number of aryl methyl sites for hydroxylation is 2. The minimum atomic E-state index is -0.110. The first-order valence-electron chi connectivity index (χ1n) is 6.07. The molecule has 0 aliphatic rings. The van der Waals surface area contributed by atoms with Gasteiger partial charge in [0.05, 0.1) is 12.1 Å². The third-order valence-electron chi connectivity index (χ3n) is 2.98. The smallest absolute Gasteiger partial charge is 0.255 e. The second-order valence-corrected chi connectivity index (χ2v) is 5.65. The zero-order valence-electron chi connectivity index (χ0n) is 11.3. The number of aromatic nitrogens is 1. The van der Waals surface area contributed by atoms with Crippen LogP contribution in [0.25, 0.3) is 0 Å². The van der Waals surface area contributed by atoms with Crippen LogP contribution in [-0.2, 0) is 6.54 Å². The zero-order chi connectivity index (χ0) is 13.8. The largest absolute Gasteiger partial charge is 0.387 e. The Bertz CT molecular complexity index is 573. The van der Waals surface area contributed by atoms with Crippen LogP contribution in [-0.4, -0.2) is 17.9 Å². The molecule has 2 heterocycles. The van der Waals surface area contributed by atoms with Gasteiger partial charge < -0.3 is 10.6 Å². The van der Waals surface area contributed by atoms with Gasteiger partial charge in [0.2, 0.25) is 0 Å². The first-order chi connectivity index (χ1) is 9.11. The maximum atomic E-state index is 12.1. The van der Waals surface area contributed by atoms with Crippen LogP contribution in [0.15, 0.2) is 24.5 Å². The van der Waals surface area contributed by atoms with Gasteiger partial charge in [-0.25, -0.2) is 0 Å². The highest BCUT2D eigenvalue weighted by molar-refractivity contribution is 7.12. The predicted molar refractivity (Wildman–Crippen MR) is 78.7 cm³/mol. The molecule has 0 unspecified atom stereocenters. The lowest BCUT2D eigenvalue weighted by atomic mass is 10.2. The number of rotatable bonds is 4. The first-order valence-corrected chi connectivity index (χ1v) is 6.89. The molecule has 0 saturated carbocycles. The molecule has 2 N–H and O–H groups in total. The van der Waals surface area contributed by atoms with Crippen LogP contribution in [0.1, 0.15) is 25.7 Å². The van der Waals surface area contributed by atoms with E-state index in [4.69, 9.17) is 0 Å². The van der Waals surface area contributed by atoms with Crippen LogP contribution in [0, 0.1) is 13.8 Å². The van der Waals surface area contributed by atoms with Gasteiger partial charge in [0.15, 0.2) is 0 Å². The summed E-state index contributed by atoms with van der Waals surface area (Å²) in [7, 11) is 1.79. The molecule has 19 heavy (non-hydrogen) atoms. The molecule has 1 amide bonds. The van der Waals surface area contributed by atoms with Crippen LogP contribution in [0.4, 0.5) is 5.69 Å². The Hall–Kier alpha value is -1.88. The average Bonchev–Trinajstić information content (AvgIpc) is 2.75. The van der Waals surface area contributed by atoms with Gasteiger partial charge in [0, 0.05) is 34.9 Å². The molecule has 4 nitrogen and oxygen atoms in total. The number of anilines is 1. The van der Waals surface area contributed by atoms with E-state index in [-0.39, 0.29) is 5.91 Å². The van der Waals surface area contributed by atoms with E-state index in [1.165, 1.54) is 15.3 Å². The fourth-order valence-corrected chi connectivity index (χ4v) is 2.79. The molecule has 0 atom stereocenters. The molecular formula is C14H17N3OS. The van der Waals surface area contributed by atoms with Crippen LogP contribution in [0.3, 0.4) is 0 Å². The van der Waals surface area contributed by atoms with E-state index in [1.807, 2.05) is 0 Å². The first kappa shape index (κ1) is 13.5. The predicted octanol–water partition coefficient (Wildman–Crippen LogP) is 2.73. The molecular weight excluding hydrogens is 258 g/mol. The van der Waals surface area contributed by atoms with E-state index >= 15 is 0 Å². The molecule has 0 aromatic carbocycles. The maximum Gasteiger partial charge on any atom is 0.255 e. The van der Waals surface area contributed by atoms with Gasteiger partial charge >= 0.3 is 0 Å². The van der Waals surface area contributed by atoms with Crippen molar-refractivity contribution in [2.24, 2.45) is 0 Å². The summed E-state index contributed by atoms with van der Waals surface area (Å²) in [6.45, 7) is 4.72. The van der Waals surface area contributed by atoms with Crippen LogP contribution < -0.4 is 10.6 Å². The fraction of sp³-hybridized carbons (Fsp3) is 0.286. The number of carbonyl (C=O) groups is 1. The summed E-state index contributed by atoms with van der Waals surface area (Å²) in [5, 5.41) is 5.91. The summed E-state index contributed by atoms with van der Waals surface area (Å²) in [6, 6.07) is 3.90. The minimum absolute atomic E-state index is 0.110. The Morgan fingerprint density at radius 3 is 2.84 bits per heavy atom. The highest BCUT2D eigenvalue weighted by Gasteiger charge is 2.11. The van der Waals surface area contributed by atoms with E-state index in [2.05, 4.69) is 35.5 Å². The number of nitrogens with zero attached hydrogens (tertiary/aromatic N) is 1. The Labute approximate surface area is 116 Å². The molecule has 2 aromatic rings. The summed E-state index contributed by atoms with van der Waals surface area (Å²) in [6.07, 6.45) is 3.24. The second-order valence-electron chi connectivity index (χ2n) is 4.31. The summed E-state index contributed by atoms with van der Waals surface area (Å²) in [5.74, 6) is -0.110. The number of carbonyl (C=O) groups excluding carboxylic acids is 1. The molecule has 0 aliphatic heterocycles. The number of pyridine rings is 1. The number of amides is 1. The highest BCUT2D eigenvalue weighted by Crippen LogP contribution is 2.20. The van der Waals surface area contributed by atoms with E-state index in [0.717, 1.165) is 5.69 Å². The van der Waals surface area contributed by atoms with Crippen molar-refractivity contribution < 1.29 is 4.79 Å². The number of thiophene rings is 1. The van der Waals surface area contributed by atoms with Crippen molar-refractivity contribution in [1.29, 1.82) is 0 Å². The summed E-state index contributed by atoms with van der Waals surface area (Å²) >= 11 is 1.72. The Balaban J connectivity index is 2.05. The van der Waals surface area contributed by atoms with Gasteiger partial charge in [0.1, 0.15) is 0 Å². The van der Waals surface area contributed by atoms with E-state index in [1.54, 1.807) is 36.8 Å². The molecule has 2 aromatic heterocycles. The molecule has 100 valence electrons. The van der Waals surface area contributed by atoms with Gasteiger partial charge in [-0.3, -0.25) is 9.78 Å². The van der Waals surface area contributed by atoms with Gasteiger partial charge in [0.25, 0.3) is 5.91 Å². The van der Waals surface area contributed by atoms with Crippen molar-refractivity contribution in [3.63, 3.8) is 0 Å². The molecule has 0 fully saturated rings. The van der Waals surface area contributed by atoms with Crippen molar-refractivity contribution in [2.45, 2.75) is 20.4 Å². The minimum Gasteiger partial charge on any atom is -0.387 e. The van der Waals surface area contributed by atoms with Crippen LogP contribution >= 0.6 is 11.3 Å². The van der Waals surface area contributed by atoms with Crippen LogP contribution in [0.2, 0.25) is 0 Å². The van der Waals surface area contributed by atoms with E-state index in [0.29, 0.717) is 12.1 Å². The molecule has 0 spiro atoms. The Morgan fingerprint density at radius 2 is 2.21 bits per heavy atom. The van der Waals surface area contributed by atoms with Crippen molar-refractivity contribution in [3.05, 3.63) is 45.4 Å². The number of nitrogens with one attached hydrogen (secondary N) is 2. The van der Waals surface area contributed by atoms with Crippen molar-refractivity contribution in [1.82, 2.24) is 10.3 Å². The molecule has 5 heteroatoms. The Kier molecular flexibility index (Phi) is 4.16. The lowest BCUT2D eigenvalue weighted by molar-refractivity contribution is 0.0951. The normalized spacial score (nSPS) is 10.3. The van der Waals surface area contributed by atoms with Crippen molar-refractivity contribution >= 4 is 22.9 Å². The molecule has 0 aliphatic carbocycles. The molecule has 0 bridgehead atoms. The lowest BCUT2D eigenvalue weighted by Crippen LogP contribution is -2.23. The van der Waals surface area contributed by atoms with Crippen LogP contribution in [0.5, 0.6) is 0 Å². The summed E-state index contributed by atoms with van der Waals surface area (Å²) in [5.41, 5.74) is 2.62. The zero-order valence-corrected chi connectivity index (χ0v) is 12.1. The van der Waals surface area contributed by atoms with Crippen molar-refractivity contribution in [3.8, 4) is 0 Å². The summed E-state index contributed by atoms with van der Waals surface area (Å²) < 4.78 is 0. The quantitative estimate of drug-likeness (QED) is 0.902. The number of hydrogen-bond donors (Lipinski definition) is 2. The maximum absolute atomic E-state index is 12.1. The number of hydrogen-bond acceptors (Lipinski definition) is 4. The topological polar surface area (TPSA) is 54.0 Å². The third-order valence-corrected chi connectivity index (χ3v) is 4.13. The lowest BCUT2D eigenvalue weighted by Gasteiger charge is -2.08.